The summed E-state index contributed by atoms with van der Waals surface area (Å²) in [5.41, 5.74) is 2.71. The Morgan fingerprint density at radius 1 is 1.35 bits per heavy atom. The largest absolute Gasteiger partial charge is 0.394 e. The molecule has 2 heterocycles. The van der Waals surface area contributed by atoms with Crippen molar-refractivity contribution in [2.24, 2.45) is 5.92 Å². The van der Waals surface area contributed by atoms with E-state index in [-0.39, 0.29) is 11.9 Å². The summed E-state index contributed by atoms with van der Waals surface area (Å²) in [7, 11) is -5.44. The van der Waals surface area contributed by atoms with Crippen LogP contribution in [0.4, 0.5) is 14.6 Å². The van der Waals surface area contributed by atoms with Gasteiger partial charge in [-0.15, -0.1) is 0 Å². The highest BCUT2D eigenvalue weighted by Crippen LogP contribution is 2.57. The molecule has 1 fully saturated rings. The fourth-order valence-corrected chi connectivity index (χ4v) is 3.59. The molecular weight excluding hydrogens is 331 g/mol. The second-order valence-corrected chi connectivity index (χ2v) is 7.57. The second-order valence-electron chi connectivity index (χ2n) is 5.83. The van der Waals surface area contributed by atoms with E-state index >= 15 is 0 Å². The molecule has 0 aliphatic heterocycles. The van der Waals surface area contributed by atoms with Crippen molar-refractivity contribution < 1.29 is 23.1 Å². The van der Waals surface area contributed by atoms with Crippen molar-refractivity contribution in [2.75, 3.05) is 5.73 Å². The number of nitrogens with zero attached hydrogens (tertiary/aromatic N) is 4. The maximum absolute atomic E-state index is 13.5. The zero-order valence-corrected chi connectivity index (χ0v) is 12.9. The molecular formula is C12H16F2N5O3P. The van der Waals surface area contributed by atoms with Crippen molar-refractivity contribution in [1.82, 2.24) is 19.5 Å². The molecule has 0 bridgehead atoms. The molecule has 1 aliphatic carbocycles. The van der Waals surface area contributed by atoms with Crippen molar-refractivity contribution in [2.45, 2.75) is 37.4 Å². The number of hydrogen-bond donors (Lipinski definition) is 3. The first-order chi connectivity index (χ1) is 10.7. The number of anilines is 1. The third-order valence-corrected chi connectivity index (χ3v) is 5.29. The Morgan fingerprint density at radius 3 is 2.78 bits per heavy atom. The van der Waals surface area contributed by atoms with E-state index in [4.69, 9.17) is 15.5 Å². The molecule has 11 heteroatoms. The zero-order valence-electron chi connectivity index (χ0n) is 12.0. The lowest BCUT2D eigenvalue weighted by Gasteiger charge is -2.21. The quantitative estimate of drug-likeness (QED) is 0.721. The van der Waals surface area contributed by atoms with Crippen LogP contribution in [0.5, 0.6) is 0 Å². The average molecular weight is 347 g/mol. The standard InChI is InChI=1S/C12H16F2N5O3P/c13-12(14,23(20,21)22)4-7-1-2-8(3-7)19-6-18-9-10(15)16-5-17-11(9)19/h5-8H,1-4H2,(H2,15,16,17)(H2,20,21,22)/t7-,8+/m1/s1. The van der Waals surface area contributed by atoms with Gasteiger partial charge in [0.2, 0.25) is 0 Å². The Bertz CT molecular complexity index is 777. The summed E-state index contributed by atoms with van der Waals surface area (Å²) in [4.78, 5) is 29.6. The SMILES string of the molecule is Nc1ncnc2c1ncn2[C@H]1CC[C@@H](CC(F)(F)P(=O)(O)O)C1. The molecule has 4 N–H and O–H groups in total. The number of hydrogen-bond acceptors (Lipinski definition) is 5. The van der Waals surface area contributed by atoms with Gasteiger partial charge in [0.25, 0.3) is 0 Å². The smallest absolute Gasteiger partial charge is 0.382 e. The van der Waals surface area contributed by atoms with E-state index in [1.54, 1.807) is 10.9 Å². The lowest BCUT2D eigenvalue weighted by molar-refractivity contribution is 0.0341. The van der Waals surface area contributed by atoms with Crippen LogP contribution in [0, 0.1) is 5.92 Å². The molecule has 23 heavy (non-hydrogen) atoms. The first-order valence-corrected chi connectivity index (χ1v) is 8.67. The Morgan fingerprint density at radius 2 is 2.09 bits per heavy atom. The lowest BCUT2D eigenvalue weighted by Crippen LogP contribution is -2.20. The van der Waals surface area contributed by atoms with Gasteiger partial charge in [-0.25, -0.2) is 15.0 Å². The van der Waals surface area contributed by atoms with Gasteiger partial charge in [0.1, 0.15) is 11.8 Å². The first-order valence-electron chi connectivity index (χ1n) is 7.05. The van der Waals surface area contributed by atoms with Crippen LogP contribution in [0.3, 0.4) is 0 Å². The van der Waals surface area contributed by atoms with Crippen molar-refractivity contribution in [3.8, 4) is 0 Å². The van der Waals surface area contributed by atoms with Gasteiger partial charge in [-0.05, 0) is 25.2 Å². The minimum atomic E-state index is -5.44. The molecule has 1 aliphatic rings. The molecule has 8 nitrogen and oxygen atoms in total. The van der Waals surface area contributed by atoms with Gasteiger partial charge >= 0.3 is 13.3 Å². The molecule has 2 aromatic rings. The van der Waals surface area contributed by atoms with Crippen molar-refractivity contribution in [3.05, 3.63) is 12.7 Å². The number of nitrogen functional groups attached to an aromatic ring is 1. The van der Waals surface area contributed by atoms with Gasteiger partial charge in [0, 0.05) is 12.5 Å². The van der Waals surface area contributed by atoms with Crippen LogP contribution in [0.1, 0.15) is 31.7 Å². The molecule has 0 radical (unpaired) electrons. The predicted molar refractivity (Wildman–Crippen MR) is 77.7 cm³/mol. The number of imidazole rings is 1. The molecule has 1 saturated carbocycles. The maximum Gasteiger partial charge on any atom is 0.394 e. The van der Waals surface area contributed by atoms with Crippen molar-refractivity contribution in [3.63, 3.8) is 0 Å². The van der Waals surface area contributed by atoms with Gasteiger partial charge in [0.05, 0.1) is 6.33 Å². The van der Waals surface area contributed by atoms with Crippen LogP contribution in [-0.2, 0) is 4.57 Å². The summed E-state index contributed by atoms with van der Waals surface area (Å²) in [6.07, 6.45) is 3.48. The van der Waals surface area contributed by atoms with Gasteiger partial charge in [-0.3, -0.25) is 4.57 Å². The molecule has 0 spiro atoms. The van der Waals surface area contributed by atoms with Gasteiger partial charge in [-0.2, -0.15) is 8.78 Å². The molecule has 0 aromatic carbocycles. The van der Waals surface area contributed by atoms with Crippen LogP contribution < -0.4 is 5.73 Å². The number of halogens is 2. The number of fused-ring (bicyclic) bond motifs is 1. The minimum Gasteiger partial charge on any atom is -0.382 e. The molecule has 0 unspecified atom stereocenters. The Balaban J connectivity index is 1.77. The topological polar surface area (TPSA) is 127 Å². The van der Waals surface area contributed by atoms with E-state index in [9.17, 15) is 13.3 Å². The molecule has 0 saturated heterocycles. The van der Waals surface area contributed by atoms with Crippen LogP contribution in [0.2, 0.25) is 0 Å². The fraction of sp³-hybridized carbons (Fsp3) is 0.583. The van der Waals surface area contributed by atoms with E-state index < -0.39 is 25.6 Å². The number of rotatable bonds is 4. The second kappa shape index (κ2) is 5.47. The highest BCUT2D eigenvalue weighted by molar-refractivity contribution is 7.53. The number of nitrogens with two attached hydrogens (primary N) is 1. The van der Waals surface area contributed by atoms with E-state index in [1.165, 1.54) is 6.33 Å². The summed E-state index contributed by atoms with van der Waals surface area (Å²) in [5, 5.41) is 0. The van der Waals surface area contributed by atoms with Gasteiger partial charge < -0.3 is 20.1 Å². The highest BCUT2D eigenvalue weighted by Gasteiger charge is 2.50. The fourth-order valence-electron chi connectivity index (χ4n) is 3.09. The maximum atomic E-state index is 13.5. The van der Waals surface area contributed by atoms with E-state index in [0.29, 0.717) is 30.4 Å². The summed E-state index contributed by atoms with van der Waals surface area (Å²) in [6.45, 7) is 0. The molecule has 3 rings (SSSR count). The predicted octanol–water partition coefficient (Wildman–Crippen LogP) is 1.91. The first kappa shape index (κ1) is 16.2. The Hall–Kier alpha value is -1.64. The van der Waals surface area contributed by atoms with Crippen molar-refractivity contribution in [1.29, 1.82) is 0 Å². The molecule has 126 valence electrons. The van der Waals surface area contributed by atoms with Crippen molar-refractivity contribution >= 4 is 24.6 Å². The summed E-state index contributed by atoms with van der Waals surface area (Å²) < 4.78 is 39.7. The van der Waals surface area contributed by atoms with E-state index in [0.717, 1.165) is 0 Å². The summed E-state index contributed by atoms with van der Waals surface area (Å²) >= 11 is 0. The average Bonchev–Trinajstić information content (AvgIpc) is 3.04. The van der Waals surface area contributed by atoms with E-state index in [2.05, 4.69) is 15.0 Å². The van der Waals surface area contributed by atoms with Crippen LogP contribution in [-0.4, -0.2) is 35.0 Å². The van der Waals surface area contributed by atoms with Crippen LogP contribution in [0.15, 0.2) is 12.7 Å². The highest BCUT2D eigenvalue weighted by atomic mass is 31.2. The number of alkyl halides is 2. The minimum absolute atomic E-state index is 0.105. The third kappa shape index (κ3) is 2.93. The third-order valence-electron chi connectivity index (χ3n) is 4.25. The van der Waals surface area contributed by atoms with E-state index in [1.807, 2.05) is 0 Å². The molecule has 2 aromatic heterocycles. The Labute approximate surface area is 129 Å². The van der Waals surface area contributed by atoms with Gasteiger partial charge in [-0.1, -0.05) is 0 Å². The molecule has 0 amide bonds. The summed E-state index contributed by atoms with van der Waals surface area (Å²) in [5.74, 6) is -0.226. The lowest BCUT2D eigenvalue weighted by atomic mass is 10.0. The monoisotopic (exact) mass is 347 g/mol. The zero-order chi connectivity index (χ0) is 16.8. The van der Waals surface area contributed by atoms with Crippen LogP contribution >= 0.6 is 7.60 Å². The number of aromatic nitrogens is 4. The summed E-state index contributed by atoms with van der Waals surface area (Å²) in [6, 6.07) is -0.105. The van der Waals surface area contributed by atoms with Gasteiger partial charge in [0.15, 0.2) is 11.5 Å². The van der Waals surface area contributed by atoms with Crippen LogP contribution in [0.25, 0.3) is 11.2 Å². The Kier molecular flexibility index (Phi) is 3.86. The normalized spacial score (nSPS) is 22.8. The molecule has 2 atom stereocenters.